The van der Waals surface area contributed by atoms with Crippen LogP contribution in [0.4, 0.5) is 0 Å². The van der Waals surface area contributed by atoms with Crippen LogP contribution in [0.15, 0.2) is 15.9 Å². The third kappa shape index (κ3) is 2.15. The van der Waals surface area contributed by atoms with Crippen molar-refractivity contribution in [2.75, 3.05) is 0 Å². The molecule has 0 aliphatic carbocycles. The molecule has 0 bridgehead atoms. The first-order chi connectivity index (χ1) is 7.09. The summed E-state index contributed by atoms with van der Waals surface area (Å²) >= 11 is 6.87. The van der Waals surface area contributed by atoms with Crippen LogP contribution in [-0.4, -0.2) is 4.98 Å². The zero-order chi connectivity index (χ0) is 11.0. The minimum Gasteiger partial charge on any atom is -0.319 e. The van der Waals surface area contributed by atoms with E-state index >= 15 is 0 Å². The van der Waals surface area contributed by atoms with Crippen molar-refractivity contribution in [1.82, 2.24) is 4.98 Å². The number of thiazole rings is 1. The molecule has 2 heterocycles. The highest BCUT2D eigenvalue weighted by atomic mass is 79.9. The van der Waals surface area contributed by atoms with E-state index in [0.29, 0.717) is 0 Å². The van der Waals surface area contributed by atoms with E-state index in [0.717, 1.165) is 20.1 Å². The van der Waals surface area contributed by atoms with Gasteiger partial charge in [-0.3, -0.25) is 0 Å². The number of nitrogens with zero attached hydrogens (tertiary/aromatic N) is 1. The van der Waals surface area contributed by atoms with E-state index < -0.39 is 0 Å². The van der Waals surface area contributed by atoms with Crippen molar-refractivity contribution >= 4 is 38.6 Å². The van der Waals surface area contributed by atoms with Crippen LogP contribution in [0.1, 0.15) is 26.5 Å². The minimum absolute atomic E-state index is 0.0504. The Morgan fingerprint density at radius 3 is 2.60 bits per heavy atom. The molecule has 2 aromatic rings. The highest BCUT2D eigenvalue weighted by molar-refractivity contribution is 9.10. The Balaban J connectivity index is 2.40. The summed E-state index contributed by atoms with van der Waals surface area (Å²) in [5, 5.41) is 3.12. The van der Waals surface area contributed by atoms with E-state index in [-0.39, 0.29) is 6.04 Å². The van der Waals surface area contributed by atoms with Crippen LogP contribution >= 0.6 is 38.6 Å². The van der Waals surface area contributed by atoms with Gasteiger partial charge in [0.25, 0.3) is 0 Å². The fourth-order valence-corrected chi connectivity index (χ4v) is 4.13. The van der Waals surface area contributed by atoms with Crippen molar-refractivity contribution in [3.05, 3.63) is 36.4 Å². The fourth-order valence-electron chi connectivity index (χ4n) is 1.48. The smallest absolute Gasteiger partial charge is 0.0900 e. The van der Waals surface area contributed by atoms with Crippen LogP contribution < -0.4 is 5.73 Å². The molecule has 2 aromatic heterocycles. The van der Waals surface area contributed by atoms with Crippen molar-refractivity contribution in [1.29, 1.82) is 0 Å². The van der Waals surface area contributed by atoms with E-state index in [1.807, 2.05) is 25.3 Å². The third-order valence-electron chi connectivity index (χ3n) is 2.15. The van der Waals surface area contributed by atoms with Crippen LogP contribution in [0.3, 0.4) is 0 Å². The summed E-state index contributed by atoms with van der Waals surface area (Å²) in [4.78, 5) is 6.73. The summed E-state index contributed by atoms with van der Waals surface area (Å²) in [5.41, 5.74) is 7.27. The molecule has 0 fully saturated rings. The molecule has 80 valence electrons. The van der Waals surface area contributed by atoms with Gasteiger partial charge < -0.3 is 5.73 Å². The number of nitrogens with two attached hydrogens (primary N) is 1. The molecule has 0 saturated carbocycles. The number of rotatable bonds is 2. The van der Waals surface area contributed by atoms with Crippen LogP contribution in [0.2, 0.25) is 0 Å². The van der Waals surface area contributed by atoms with E-state index in [1.165, 1.54) is 4.88 Å². The van der Waals surface area contributed by atoms with Gasteiger partial charge in [-0.2, -0.15) is 0 Å². The predicted octanol–water partition coefficient (Wildman–Crippen LogP) is 3.63. The first-order valence-electron chi connectivity index (χ1n) is 4.52. The lowest BCUT2D eigenvalue weighted by Gasteiger charge is -2.08. The van der Waals surface area contributed by atoms with Gasteiger partial charge in [-0.25, -0.2) is 4.98 Å². The monoisotopic (exact) mass is 302 g/mol. The average Bonchev–Trinajstić information content (AvgIpc) is 2.71. The molecule has 2 N–H and O–H groups in total. The number of halogens is 1. The summed E-state index contributed by atoms with van der Waals surface area (Å²) in [5.74, 6) is 0. The van der Waals surface area contributed by atoms with Crippen LogP contribution in [0.25, 0.3) is 0 Å². The van der Waals surface area contributed by atoms with Crippen molar-refractivity contribution in [2.45, 2.75) is 19.9 Å². The zero-order valence-corrected chi connectivity index (χ0v) is 11.7. The van der Waals surface area contributed by atoms with Crippen LogP contribution in [0.5, 0.6) is 0 Å². The number of aromatic nitrogens is 1. The Kier molecular flexibility index (Phi) is 3.25. The lowest BCUT2D eigenvalue weighted by Crippen LogP contribution is -2.10. The molecule has 1 unspecified atom stereocenters. The van der Waals surface area contributed by atoms with Gasteiger partial charge in [0, 0.05) is 14.2 Å². The van der Waals surface area contributed by atoms with Crippen LogP contribution in [0, 0.1) is 13.8 Å². The second kappa shape index (κ2) is 4.33. The maximum Gasteiger partial charge on any atom is 0.0900 e. The molecule has 2 rings (SSSR count). The molecule has 0 radical (unpaired) electrons. The Hall–Kier alpha value is -0.230. The number of thiophene rings is 1. The quantitative estimate of drug-likeness (QED) is 0.920. The molecule has 0 aliphatic rings. The van der Waals surface area contributed by atoms with E-state index in [9.17, 15) is 0 Å². The normalized spacial score (nSPS) is 13.1. The summed E-state index contributed by atoms with van der Waals surface area (Å²) in [7, 11) is 0. The van der Waals surface area contributed by atoms with Gasteiger partial charge in [0.05, 0.1) is 16.7 Å². The summed E-state index contributed by atoms with van der Waals surface area (Å²) < 4.78 is 1.09. The Labute approximate surface area is 105 Å². The molecule has 0 spiro atoms. The SMILES string of the molecule is Cc1nc(C)c(C(N)c2sccc2Br)s1. The van der Waals surface area contributed by atoms with E-state index in [4.69, 9.17) is 5.73 Å². The maximum absolute atomic E-state index is 6.23. The largest absolute Gasteiger partial charge is 0.319 e. The second-order valence-corrected chi connectivity index (χ2v) is 6.33. The zero-order valence-electron chi connectivity index (χ0n) is 8.45. The van der Waals surface area contributed by atoms with Crippen molar-refractivity contribution in [3.63, 3.8) is 0 Å². The molecule has 2 nitrogen and oxygen atoms in total. The Morgan fingerprint density at radius 1 is 1.40 bits per heavy atom. The molecular formula is C10H11BrN2S2. The predicted molar refractivity (Wildman–Crippen MR) is 69.6 cm³/mol. The number of hydrogen-bond acceptors (Lipinski definition) is 4. The Bertz CT molecular complexity index is 475. The Morgan fingerprint density at radius 2 is 2.13 bits per heavy atom. The minimum atomic E-state index is -0.0504. The lowest BCUT2D eigenvalue weighted by atomic mass is 10.2. The van der Waals surface area contributed by atoms with Crippen LogP contribution in [-0.2, 0) is 0 Å². The first kappa shape index (κ1) is 11.3. The molecule has 0 aromatic carbocycles. The summed E-state index contributed by atoms with van der Waals surface area (Å²) in [6.45, 7) is 4.03. The average molecular weight is 303 g/mol. The van der Waals surface area contributed by atoms with Crippen molar-refractivity contribution in [3.8, 4) is 0 Å². The highest BCUT2D eigenvalue weighted by Crippen LogP contribution is 2.35. The lowest BCUT2D eigenvalue weighted by molar-refractivity contribution is 0.894. The second-order valence-electron chi connectivity index (χ2n) is 3.29. The molecule has 0 amide bonds. The molecule has 5 heteroatoms. The first-order valence-corrected chi connectivity index (χ1v) is 7.01. The maximum atomic E-state index is 6.23. The van der Waals surface area contributed by atoms with Gasteiger partial charge in [-0.1, -0.05) is 0 Å². The fraction of sp³-hybridized carbons (Fsp3) is 0.300. The highest BCUT2D eigenvalue weighted by Gasteiger charge is 2.18. The van der Waals surface area contributed by atoms with Gasteiger partial charge in [0.1, 0.15) is 0 Å². The standard InChI is InChI=1S/C10H11BrN2S2/c1-5-9(15-6(2)13-5)8(12)10-7(11)3-4-14-10/h3-4,8H,12H2,1-2H3. The van der Waals surface area contributed by atoms with Gasteiger partial charge in [-0.05, 0) is 41.2 Å². The molecule has 15 heavy (non-hydrogen) atoms. The number of aryl methyl sites for hydroxylation is 2. The molecule has 1 atom stereocenters. The molecule has 0 aliphatic heterocycles. The third-order valence-corrected chi connectivity index (χ3v) is 5.26. The van der Waals surface area contributed by atoms with Crippen molar-refractivity contribution < 1.29 is 0 Å². The van der Waals surface area contributed by atoms with Gasteiger partial charge in [0.15, 0.2) is 0 Å². The summed E-state index contributed by atoms with van der Waals surface area (Å²) in [6.07, 6.45) is 0. The van der Waals surface area contributed by atoms with Gasteiger partial charge in [0.2, 0.25) is 0 Å². The van der Waals surface area contributed by atoms with Gasteiger partial charge >= 0.3 is 0 Å². The van der Waals surface area contributed by atoms with Crippen molar-refractivity contribution in [2.24, 2.45) is 5.73 Å². The summed E-state index contributed by atoms with van der Waals surface area (Å²) in [6, 6.07) is 1.98. The topological polar surface area (TPSA) is 38.9 Å². The molecular weight excluding hydrogens is 292 g/mol. The molecule has 0 saturated heterocycles. The number of hydrogen-bond donors (Lipinski definition) is 1. The van der Waals surface area contributed by atoms with Gasteiger partial charge in [-0.15, -0.1) is 22.7 Å². The van der Waals surface area contributed by atoms with E-state index in [1.54, 1.807) is 22.7 Å². The van der Waals surface area contributed by atoms with E-state index in [2.05, 4.69) is 20.9 Å².